The molecule has 1 aliphatic heterocycles. The molecular formula is C20H22N2OS. The van der Waals surface area contributed by atoms with E-state index >= 15 is 0 Å². The molecule has 4 rings (SSSR count). The molecule has 124 valence electrons. The van der Waals surface area contributed by atoms with E-state index in [-0.39, 0.29) is 0 Å². The third-order valence-electron chi connectivity index (χ3n) is 4.47. The van der Waals surface area contributed by atoms with Crippen molar-refractivity contribution in [3.8, 4) is 5.75 Å². The van der Waals surface area contributed by atoms with Crippen molar-refractivity contribution >= 4 is 22.7 Å². The quantitative estimate of drug-likeness (QED) is 0.700. The second-order valence-corrected chi connectivity index (χ2v) is 7.26. The maximum Gasteiger partial charge on any atom is 0.143 e. The minimum Gasteiger partial charge on any atom is -0.490 e. The van der Waals surface area contributed by atoms with E-state index in [0.717, 1.165) is 24.4 Å². The van der Waals surface area contributed by atoms with Crippen molar-refractivity contribution in [2.75, 3.05) is 26.2 Å². The number of ether oxygens (including phenoxy) is 1. The topological polar surface area (TPSA) is 28.3 Å². The molecule has 0 amide bonds. The molecule has 2 heterocycles. The molecule has 1 fully saturated rings. The van der Waals surface area contributed by atoms with Gasteiger partial charge >= 0.3 is 0 Å². The van der Waals surface area contributed by atoms with Crippen LogP contribution in [0.15, 0.2) is 64.5 Å². The molecule has 0 bridgehead atoms. The highest BCUT2D eigenvalue weighted by molar-refractivity contribution is 7.99. The second kappa shape index (κ2) is 7.32. The van der Waals surface area contributed by atoms with Crippen molar-refractivity contribution in [1.82, 2.24) is 9.88 Å². The predicted octanol–water partition coefficient (Wildman–Crippen LogP) is 4.79. The molecule has 0 radical (unpaired) electrons. The summed E-state index contributed by atoms with van der Waals surface area (Å²) in [5.74, 6) is 0.951. The Morgan fingerprint density at radius 3 is 2.67 bits per heavy atom. The Hall–Kier alpha value is -1.91. The first kappa shape index (κ1) is 15.6. The third kappa shape index (κ3) is 3.45. The van der Waals surface area contributed by atoms with E-state index in [0.29, 0.717) is 0 Å². The van der Waals surface area contributed by atoms with Gasteiger partial charge < -0.3 is 9.72 Å². The van der Waals surface area contributed by atoms with Crippen molar-refractivity contribution in [3.05, 3.63) is 54.7 Å². The van der Waals surface area contributed by atoms with Crippen LogP contribution in [-0.4, -0.2) is 36.1 Å². The van der Waals surface area contributed by atoms with Gasteiger partial charge in [0.05, 0.1) is 5.52 Å². The lowest BCUT2D eigenvalue weighted by molar-refractivity contribution is 0.239. The van der Waals surface area contributed by atoms with Crippen molar-refractivity contribution in [2.24, 2.45) is 0 Å². The van der Waals surface area contributed by atoms with Crippen molar-refractivity contribution < 1.29 is 4.74 Å². The SMILES string of the molecule is c1ccc(Sc2c[nH]c3c(OCCN4CCCC4)cccc23)cc1. The van der Waals surface area contributed by atoms with E-state index in [1.165, 1.54) is 41.1 Å². The van der Waals surface area contributed by atoms with Crippen molar-refractivity contribution in [1.29, 1.82) is 0 Å². The number of rotatable bonds is 6. The number of H-pyrrole nitrogens is 1. The molecule has 1 aliphatic rings. The first-order valence-electron chi connectivity index (χ1n) is 8.58. The van der Waals surface area contributed by atoms with E-state index in [1.807, 2.05) is 6.07 Å². The summed E-state index contributed by atoms with van der Waals surface area (Å²) in [7, 11) is 0. The number of hydrogen-bond donors (Lipinski definition) is 1. The molecule has 1 N–H and O–H groups in total. The maximum atomic E-state index is 6.06. The molecule has 4 heteroatoms. The van der Waals surface area contributed by atoms with Gasteiger partial charge in [-0.05, 0) is 44.1 Å². The van der Waals surface area contributed by atoms with Crippen LogP contribution in [-0.2, 0) is 0 Å². The van der Waals surface area contributed by atoms with Gasteiger partial charge in [0.2, 0.25) is 0 Å². The molecular weight excluding hydrogens is 316 g/mol. The largest absolute Gasteiger partial charge is 0.490 e. The zero-order valence-corrected chi connectivity index (χ0v) is 14.5. The lowest BCUT2D eigenvalue weighted by Crippen LogP contribution is -2.25. The summed E-state index contributed by atoms with van der Waals surface area (Å²) in [4.78, 5) is 8.36. The van der Waals surface area contributed by atoms with E-state index in [9.17, 15) is 0 Å². The molecule has 2 aromatic carbocycles. The monoisotopic (exact) mass is 338 g/mol. The zero-order valence-electron chi connectivity index (χ0n) is 13.7. The number of aromatic amines is 1. The van der Waals surface area contributed by atoms with Crippen LogP contribution >= 0.6 is 11.8 Å². The number of nitrogens with zero attached hydrogens (tertiary/aromatic N) is 1. The molecule has 3 aromatic rings. The minimum atomic E-state index is 0.749. The molecule has 1 aromatic heterocycles. The van der Waals surface area contributed by atoms with Crippen LogP contribution in [0.4, 0.5) is 0 Å². The van der Waals surface area contributed by atoms with Gasteiger partial charge in [-0.25, -0.2) is 0 Å². The highest BCUT2D eigenvalue weighted by Gasteiger charge is 2.12. The third-order valence-corrected chi connectivity index (χ3v) is 5.54. The van der Waals surface area contributed by atoms with Gasteiger partial charge in [-0.15, -0.1) is 0 Å². The van der Waals surface area contributed by atoms with Crippen molar-refractivity contribution in [3.63, 3.8) is 0 Å². The first-order valence-corrected chi connectivity index (χ1v) is 9.40. The predicted molar refractivity (Wildman–Crippen MR) is 100 cm³/mol. The van der Waals surface area contributed by atoms with Crippen LogP contribution in [0.25, 0.3) is 10.9 Å². The Morgan fingerprint density at radius 2 is 1.83 bits per heavy atom. The first-order chi connectivity index (χ1) is 11.9. The van der Waals surface area contributed by atoms with Crippen molar-refractivity contribution in [2.45, 2.75) is 22.6 Å². The van der Waals surface area contributed by atoms with Gasteiger partial charge in [-0.3, -0.25) is 4.90 Å². The van der Waals surface area contributed by atoms with Gasteiger partial charge in [-0.2, -0.15) is 0 Å². The average molecular weight is 338 g/mol. The number of hydrogen-bond acceptors (Lipinski definition) is 3. The van der Waals surface area contributed by atoms with Crippen LogP contribution in [0.5, 0.6) is 5.75 Å². The summed E-state index contributed by atoms with van der Waals surface area (Å²) in [5.41, 5.74) is 1.09. The fourth-order valence-electron chi connectivity index (χ4n) is 3.21. The van der Waals surface area contributed by atoms with Gasteiger partial charge in [0.1, 0.15) is 12.4 Å². The number of benzene rings is 2. The van der Waals surface area contributed by atoms with Gasteiger partial charge in [-0.1, -0.05) is 42.1 Å². The fourth-order valence-corrected chi connectivity index (χ4v) is 4.16. The number of nitrogens with one attached hydrogen (secondary N) is 1. The van der Waals surface area contributed by atoms with Gasteiger partial charge in [0, 0.05) is 27.9 Å². The lowest BCUT2D eigenvalue weighted by Gasteiger charge is -2.15. The van der Waals surface area contributed by atoms with Gasteiger partial charge in [0.15, 0.2) is 0 Å². The van der Waals surface area contributed by atoms with Gasteiger partial charge in [0.25, 0.3) is 0 Å². The lowest BCUT2D eigenvalue weighted by atomic mass is 10.2. The Bertz CT molecular complexity index is 794. The fraction of sp³-hybridized carbons (Fsp3) is 0.300. The molecule has 0 saturated carbocycles. The number of likely N-dealkylation sites (tertiary alicyclic amines) is 1. The summed E-state index contributed by atoms with van der Waals surface area (Å²) >= 11 is 1.78. The number of para-hydroxylation sites is 1. The second-order valence-electron chi connectivity index (χ2n) is 6.14. The number of aromatic nitrogens is 1. The summed E-state index contributed by atoms with van der Waals surface area (Å²) in [6.45, 7) is 4.20. The molecule has 24 heavy (non-hydrogen) atoms. The Balaban J connectivity index is 1.48. The maximum absolute atomic E-state index is 6.06. The van der Waals surface area contributed by atoms with Crippen LogP contribution in [0, 0.1) is 0 Å². The van der Waals surface area contributed by atoms with E-state index in [4.69, 9.17) is 4.74 Å². The molecule has 0 aliphatic carbocycles. The van der Waals surface area contributed by atoms with E-state index in [1.54, 1.807) is 11.8 Å². The molecule has 0 atom stereocenters. The Labute approximate surface area is 147 Å². The van der Waals surface area contributed by atoms with E-state index in [2.05, 4.69) is 58.5 Å². The molecule has 1 saturated heterocycles. The molecule has 0 spiro atoms. The summed E-state index contributed by atoms with van der Waals surface area (Å²) in [6.07, 6.45) is 4.73. The van der Waals surface area contributed by atoms with Crippen LogP contribution in [0.2, 0.25) is 0 Å². The van der Waals surface area contributed by atoms with Crippen LogP contribution < -0.4 is 4.74 Å². The summed E-state index contributed by atoms with van der Waals surface area (Å²) < 4.78 is 6.06. The highest BCUT2D eigenvalue weighted by atomic mass is 32.2. The Kier molecular flexibility index (Phi) is 4.76. The minimum absolute atomic E-state index is 0.749. The standard InChI is InChI=1S/C20H22N2OS/c1-2-7-16(8-3-1)24-19-15-21-20-17(19)9-6-10-18(20)23-14-13-22-11-4-5-12-22/h1-3,6-10,15,21H,4-5,11-14H2. The zero-order chi connectivity index (χ0) is 16.2. The smallest absolute Gasteiger partial charge is 0.143 e. The summed E-state index contributed by atoms with van der Waals surface area (Å²) in [6, 6.07) is 16.8. The normalized spacial score (nSPS) is 15.2. The number of fused-ring (bicyclic) bond motifs is 1. The Morgan fingerprint density at radius 1 is 1.00 bits per heavy atom. The molecule has 3 nitrogen and oxygen atoms in total. The summed E-state index contributed by atoms with van der Waals surface area (Å²) in [5, 5.41) is 1.22. The average Bonchev–Trinajstić information content (AvgIpc) is 3.27. The molecule has 0 unspecified atom stereocenters. The van der Waals surface area contributed by atoms with Crippen LogP contribution in [0.1, 0.15) is 12.8 Å². The highest BCUT2D eigenvalue weighted by Crippen LogP contribution is 2.36. The van der Waals surface area contributed by atoms with E-state index < -0.39 is 0 Å². The van der Waals surface area contributed by atoms with Crippen LogP contribution in [0.3, 0.4) is 0 Å².